The fraction of sp³-hybridized carbons (Fsp3) is 0.286. The number of nitrogens with one attached hydrogen (secondary N) is 1. The lowest BCUT2D eigenvalue weighted by Crippen LogP contribution is -2.11. The standard InChI is InChI=1S/C14H16FNO2/c1-3-16-9-13-10(7-8-18-13)11-5-4-6-12(17-2)14(11)15/h4-8,16H,3,9H2,1-2H3. The number of halogens is 1. The molecule has 0 aliphatic heterocycles. The first kappa shape index (κ1) is 12.6. The molecule has 0 aliphatic rings. The minimum atomic E-state index is -0.362. The third-order valence-corrected chi connectivity index (χ3v) is 2.75. The zero-order valence-electron chi connectivity index (χ0n) is 10.5. The fourth-order valence-electron chi connectivity index (χ4n) is 1.83. The average Bonchev–Trinajstić information content (AvgIpc) is 2.84. The van der Waals surface area contributed by atoms with Crippen LogP contribution < -0.4 is 10.1 Å². The molecule has 0 bridgehead atoms. The second kappa shape index (κ2) is 5.69. The van der Waals surface area contributed by atoms with Crippen LogP contribution in [0.2, 0.25) is 0 Å². The second-order valence-corrected chi connectivity index (χ2v) is 3.86. The minimum Gasteiger partial charge on any atom is -0.494 e. The molecule has 0 saturated carbocycles. The van der Waals surface area contributed by atoms with Crippen molar-refractivity contribution in [2.24, 2.45) is 0 Å². The summed E-state index contributed by atoms with van der Waals surface area (Å²) >= 11 is 0. The molecule has 0 fully saturated rings. The van der Waals surface area contributed by atoms with Crippen molar-refractivity contribution in [3.63, 3.8) is 0 Å². The summed E-state index contributed by atoms with van der Waals surface area (Å²) in [6, 6.07) is 6.85. The average molecular weight is 249 g/mol. The molecule has 1 aromatic heterocycles. The summed E-state index contributed by atoms with van der Waals surface area (Å²) in [5, 5.41) is 3.16. The number of furan rings is 1. The van der Waals surface area contributed by atoms with Crippen LogP contribution in [-0.4, -0.2) is 13.7 Å². The summed E-state index contributed by atoms with van der Waals surface area (Å²) in [5.41, 5.74) is 1.25. The van der Waals surface area contributed by atoms with Gasteiger partial charge in [0.15, 0.2) is 11.6 Å². The van der Waals surface area contributed by atoms with Crippen molar-refractivity contribution in [3.8, 4) is 16.9 Å². The van der Waals surface area contributed by atoms with Crippen LogP contribution in [0.3, 0.4) is 0 Å². The van der Waals surface area contributed by atoms with Gasteiger partial charge in [-0.15, -0.1) is 0 Å². The Balaban J connectivity index is 2.39. The second-order valence-electron chi connectivity index (χ2n) is 3.86. The predicted molar refractivity (Wildman–Crippen MR) is 68.0 cm³/mol. The van der Waals surface area contributed by atoms with Crippen molar-refractivity contribution < 1.29 is 13.5 Å². The summed E-state index contributed by atoms with van der Waals surface area (Å²) in [4.78, 5) is 0. The van der Waals surface area contributed by atoms with Crippen LogP contribution in [0, 0.1) is 5.82 Å². The molecule has 0 radical (unpaired) electrons. The summed E-state index contributed by atoms with van der Waals surface area (Å²) in [7, 11) is 1.46. The van der Waals surface area contributed by atoms with E-state index >= 15 is 0 Å². The van der Waals surface area contributed by atoms with E-state index in [0.717, 1.165) is 17.9 Å². The molecule has 18 heavy (non-hydrogen) atoms. The highest BCUT2D eigenvalue weighted by molar-refractivity contribution is 5.67. The Bertz CT molecular complexity index is 522. The SMILES string of the molecule is CCNCc1occc1-c1cccc(OC)c1F. The van der Waals surface area contributed by atoms with Crippen LogP contribution in [-0.2, 0) is 6.54 Å². The van der Waals surface area contributed by atoms with Gasteiger partial charge >= 0.3 is 0 Å². The third kappa shape index (κ3) is 2.38. The number of benzene rings is 1. The van der Waals surface area contributed by atoms with Gasteiger partial charge in [-0.3, -0.25) is 0 Å². The van der Waals surface area contributed by atoms with E-state index in [-0.39, 0.29) is 11.6 Å². The highest BCUT2D eigenvalue weighted by Gasteiger charge is 2.15. The van der Waals surface area contributed by atoms with Crippen LogP contribution in [0.25, 0.3) is 11.1 Å². The number of ether oxygens (including phenoxy) is 1. The predicted octanol–water partition coefficient (Wildman–Crippen LogP) is 3.20. The molecule has 0 aliphatic carbocycles. The van der Waals surface area contributed by atoms with Crippen molar-refractivity contribution in [2.75, 3.05) is 13.7 Å². The maximum Gasteiger partial charge on any atom is 0.172 e. The molecule has 2 rings (SSSR count). The monoisotopic (exact) mass is 249 g/mol. The van der Waals surface area contributed by atoms with Crippen LogP contribution in [0.5, 0.6) is 5.75 Å². The maximum atomic E-state index is 14.2. The molecule has 96 valence electrons. The first-order valence-corrected chi connectivity index (χ1v) is 5.87. The smallest absolute Gasteiger partial charge is 0.172 e. The lowest BCUT2D eigenvalue weighted by molar-refractivity contribution is 0.387. The lowest BCUT2D eigenvalue weighted by atomic mass is 10.1. The number of hydrogen-bond acceptors (Lipinski definition) is 3. The molecule has 3 nitrogen and oxygen atoms in total. The van der Waals surface area contributed by atoms with Gasteiger partial charge in [-0.1, -0.05) is 19.1 Å². The Morgan fingerprint density at radius 3 is 2.83 bits per heavy atom. The van der Waals surface area contributed by atoms with Crippen molar-refractivity contribution in [2.45, 2.75) is 13.5 Å². The van der Waals surface area contributed by atoms with Crippen molar-refractivity contribution in [3.05, 3.63) is 42.1 Å². The van der Waals surface area contributed by atoms with Gasteiger partial charge in [0.25, 0.3) is 0 Å². The molecule has 2 aromatic rings. The van der Waals surface area contributed by atoms with Crippen LogP contribution in [0.4, 0.5) is 4.39 Å². The van der Waals surface area contributed by atoms with E-state index in [9.17, 15) is 4.39 Å². The van der Waals surface area contributed by atoms with Gasteiger partial charge < -0.3 is 14.5 Å². The molecule has 0 unspecified atom stereocenters. The third-order valence-electron chi connectivity index (χ3n) is 2.75. The molecular formula is C14H16FNO2. The van der Waals surface area contributed by atoms with Crippen LogP contribution in [0.15, 0.2) is 34.9 Å². The minimum absolute atomic E-state index is 0.239. The summed E-state index contributed by atoms with van der Waals surface area (Å²) in [6.45, 7) is 3.42. The number of rotatable bonds is 5. The quantitative estimate of drug-likeness (QED) is 0.883. The normalized spacial score (nSPS) is 10.6. The summed E-state index contributed by atoms with van der Waals surface area (Å²) < 4.78 is 24.5. The van der Waals surface area contributed by atoms with E-state index in [2.05, 4.69) is 5.32 Å². The highest BCUT2D eigenvalue weighted by Crippen LogP contribution is 2.31. The Morgan fingerprint density at radius 2 is 2.11 bits per heavy atom. The molecule has 0 amide bonds. The zero-order chi connectivity index (χ0) is 13.0. The number of methoxy groups -OCH3 is 1. The van der Waals surface area contributed by atoms with Gasteiger partial charge in [-0.05, 0) is 18.7 Å². The summed E-state index contributed by atoms with van der Waals surface area (Å²) in [5.74, 6) is 0.603. The molecule has 1 aromatic carbocycles. The van der Waals surface area contributed by atoms with E-state index in [1.54, 1.807) is 30.5 Å². The van der Waals surface area contributed by atoms with E-state index in [0.29, 0.717) is 12.1 Å². The van der Waals surface area contributed by atoms with E-state index in [1.165, 1.54) is 7.11 Å². The molecular weight excluding hydrogens is 233 g/mol. The van der Waals surface area contributed by atoms with Crippen molar-refractivity contribution in [1.29, 1.82) is 0 Å². The highest BCUT2D eigenvalue weighted by atomic mass is 19.1. The molecule has 0 atom stereocenters. The number of hydrogen-bond donors (Lipinski definition) is 1. The molecule has 0 saturated heterocycles. The van der Waals surface area contributed by atoms with Gasteiger partial charge in [-0.2, -0.15) is 0 Å². The molecule has 1 heterocycles. The van der Waals surface area contributed by atoms with Gasteiger partial charge in [0.2, 0.25) is 0 Å². The van der Waals surface area contributed by atoms with E-state index < -0.39 is 0 Å². The first-order chi connectivity index (χ1) is 8.77. The largest absolute Gasteiger partial charge is 0.494 e. The van der Waals surface area contributed by atoms with E-state index in [1.807, 2.05) is 6.92 Å². The first-order valence-electron chi connectivity index (χ1n) is 5.87. The van der Waals surface area contributed by atoms with Gasteiger partial charge in [0.1, 0.15) is 5.76 Å². The van der Waals surface area contributed by atoms with Crippen LogP contribution in [0.1, 0.15) is 12.7 Å². The maximum absolute atomic E-state index is 14.2. The topological polar surface area (TPSA) is 34.4 Å². The van der Waals surface area contributed by atoms with Crippen molar-refractivity contribution in [1.82, 2.24) is 5.32 Å². The summed E-state index contributed by atoms with van der Waals surface area (Å²) in [6.07, 6.45) is 1.57. The molecule has 1 N–H and O–H groups in total. The van der Waals surface area contributed by atoms with Crippen molar-refractivity contribution >= 4 is 0 Å². The van der Waals surface area contributed by atoms with Gasteiger partial charge in [-0.25, -0.2) is 4.39 Å². The molecule has 4 heteroatoms. The Hall–Kier alpha value is -1.81. The molecule has 0 spiro atoms. The lowest BCUT2D eigenvalue weighted by Gasteiger charge is -2.08. The van der Waals surface area contributed by atoms with Gasteiger partial charge in [0, 0.05) is 11.1 Å². The van der Waals surface area contributed by atoms with Gasteiger partial charge in [0.05, 0.1) is 19.9 Å². The van der Waals surface area contributed by atoms with E-state index in [4.69, 9.17) is 9.15 Å². The Kier molecular flexibility index (Phi) is 3.99. The zero-order valence-corrected chi connectivity index (χ0v) is 10.5. The van der Waals surface area contributed by atoms with Crippen LogP contribution >= 0.6 is 0 Å². The Labute approximate surface area is 106 Å². The fourth-order valence-corrected chi connectivity index (χ4v) is 1.83. The Morgan fingerprint density at radius 1 is 1.28 bits per heavy atom.